The van der Waals surface area contributed by atoms with Crippen molar-refractivity contribution in [2.24, 2.45) is 0 Å². The third-order valence-corrected chi connectivity index (χ3v) is 2.47. The average Bonchev–Trinajstić information content (AvgIpc) is 2.37. The van der Waals surface area contributed by atoms with Crippen molar-refractivity contribution in [3.05, 3.63) is 29.8 Å². The van der Waals surface area contributed by atoms with Crippen LogP contribution >= 0.6 is 0 Å². The van der Waals surface area contributed by atoms with Crippen LogP contribution in [0.2, 0.25) is 0 Å². The topological polar surface area (TPSA) is 44.8 Å². The number of methoxy groups -OCH3 is 2. The summed E-state index contributed by atoms with van der Waals surface area (Å²) in [6.45, 7) is 8.01. The zero-order valence-electron chi connectivity index (χ0n) is 11.2. The van der Waals surface area contributed by atoms with Gasteiger partial charge in [0.15, 0.2) is 0 Å². The van der Waals surface area contributed by atoms with E-state index in [9.17, 15) is 4.79 Å². The molecule has 0 saturated heterocycles. The Morgan fingerprint density at radius 2 is 1.89 bits per heavy atom. The predicted molar refractivity (Wildman–Crippen MR) is 70.2 cm³/mol. The molecule has 0 aliphatic carbocycles. The first kappa shape index (κ1) is 14.1. The van der Waals surface area contributed by atoms with E-state index in [2.05, 4.69) is 6.58 Å². The standard InChI is InChI=1S/C14H18O4/c1-6-18-13-8-12(16-4)10(9(2)3)7-11(13)14(15)17-5/h7-8H,2,6H2,1,3-5H3. The number of esters is 1. The Morgan fingerprint density at radius 1 is 1.22 bits per heavy atom. The third kappa shape index (κ3) is 2.83. The monoisotopic (exact) mass is 250 g/mol. The number of carbonyl (C=O) groups is 1. The molecule has 0 spiro atoms. The number of carbonyl (C=O) groups excluding carboxylic acids is 1. The molecule has 0 radical (unpaired) electrons. The lowest BCUT2D eigenvalue weighted by molar-refractivity contribution is 0.0596. The number of ether oxygens (including phenoxy) is 3. The highest BCUT2D eigenvalue weighted by Gasteiger charge is 2.18. The van der Waals surface area contributed by atoms with Crippen molar-refractivity contribution in [3.63, 3.8) is 0 Å². The van der Waals surface area contributed by atoms with Crippen molar-refractivity contribution in [2.75, 3.05) is 20.8 Å². The van der Waals surface area contributed by atoms with Crippen LogP contribution in [0, 0.1) is 0 Å². The minimum Gasteiger partial charge on any atom is -0.496 e. The van der Waals surface area contributed by atoms with E-state index >= 15 is 0 Å². The summed E-state index contributed by atoms with van der Waals surface area (Å²) in [4.78, 5) is 11.7. The van der Waals surface area contributed by atoms with Crippen LogP contribution in [0.4, 0.5) is 0 Å². The summed E-state index contributed by atoms with van der Waals surface area (Å²) in [5.74, 6) is 0.633. The Balaban J connectivity index is 3.41. The third-order valence-electron chi connectivity index (χ3n) is 2.47. The summed E-state index contributed by atoms with van der Waals surface area (Å²) < 4.78 is 15.4. The van der Waals surface area contributed by atoms with Crippen LogP contribution in [-0.4, -0.2) is 26.8 Å². The fraction of sp³-hybridized carbons (Fsp3) is 0.357. The molecule has 0 saturated carbocycles. The van der Waals surface area contributed by atoms with E-state index < -0.39 is 5.97 Å². The van der Waals surface area contributed by atoms with E-state index in [1.54, 1.807) is 19.2 Å². The molecule has 1 rings (SSSR count). The van der Waals surface area contributed by atoms with Gasteiger partial charge in [0.2, 0.25) is 0 Å². The Kier molecular flexibility index (Phi) is 4.77. The SMILES string of the molecule is C=C(C)c1cc(C(=O)OC)c(OCC)cc1OC. The van der Waals surface area contributed by atoms with E-state index in [1.165, 1.54) is 7.11 Å². The van der Waals surface area contributed by atoms with Gasteiger partial charge in [-0.05, 0) is 25.5 Å². The van der Waals surface area contributed by atoms with Gasteiger partial charge in [0.1, 0.15) is 17.1 Å². The zero-order valence-corrected chi connectivity index (χ0v) is 11.2. The second-order valence-electron chi connectivity index (χ2n) is 3.75. The Hall–Kier alpha value is -1.97. The maximum absolute atomic E-state index is 11.7. The molecule has 0 bridgehead atoms. The van der Waals surface area contributed by atoms with E-state index in [4.69, 9.17) is 14.2 Å². The molecule has 0 atom stereocenters. The summed E-state index contributed by atoms with van der Waals surface area (Å²) >= 11 is 0. The molecule has 0 unspecified atom stereocenters. The van der Waals surface area contributed by atoms with Gasteiger partial charge in [-0.1, -0.05) is 6.58 Å². The fourth-order valence-corrected chi connectivity index (χ4v) is 1.61. The molecule has 0 aliphatic heterocycles. The Morgan fingerprint density at radius 3 is 2.33 bits per heavy atom. The molecule has 0 N–H and O–H groups in total. The van der Waals surface area contributed by atoms with Crippen molar-refractivity contribution < 1.29 is 19.0 Å². The highest BCUT2D eigenvalue weighted by Crippen LogP contribution is 2.33. The predicted octanol–water partition coefficient (Wildman–Crippen LogP) is 2.91. The molecule has 1 aromatic carbocycles. The van der Waals surface area contributed by atoms with Crippen LogP contribution in [0.1, 0.15) is 29.8 Å². The normalized spacial score (nSPS) is 9.78. The highest BCUT2D eigenvalue weighted by molar-refractivity contribution is 5.94. The van der Waals surface area contributed by atoms with Crippen LogP contribution in [0.5, 0.6) is 11.5 Å². The molecular formula is C14H18O4. The van der Waals surface area contributed by atoms with Gasteiger partial charge in [-0.15, -0.1) is 0 Å². The maximum atomic E-state index is 11.7. The lowest BCUT2D eigenvalue weighted by Crippen LogP contribution is -2.07. The largest absolute Gasteiger partial charge is 0.496 e. The summed E-state index contributed by atoms with van der Waals surface area (Å²) in [5, 5.41) is 0. The van der Waals surface area contributed by atoms with Gasteiger partial charge in [0, 0.05) is 11.6 Å². The first-order chi connectivity index (χ1) is 8.54. The van der Waals surface area contributed by atoms with Crippen LogP contribution < -0.4 is 9.47 Å². The molecule has 0 fully saturated rings. The number of hydrogen-bond donors (Lipinski definition) is 0. The van der Waals surface area contributed by atoms with Gasteiger partial charge in [-0.25, -0.2) is 4.79 Å². The minimum absolute atomic E-state index is 0.373. The lowest BCUT2D eigenvalue weighted by atomic mass is 10.0. The summed E-state index contributed by atoms with van der Waals surface area (Å²) in [7, 11) is 2.90. The Bertz CT molecular complexity index is 463. The van der Waals surface area contributed by atoms with Crippen LogP contribution in [0.25, 0.3) is 5.57 Å². The molecular weight excluding hydrogens is 232 g/mol. The van der Waals surface area contributed by atoms with Gasteiger partial charge in [0.05, 0.1) is 20.8 Å². The first-order valence-electron chi connectivity index (χ1n) is 5.64. The van der Waals surface area contributed by atoms with Gasteiger partial charge in [-0.3, -0.25) is 0 Å². The van der Waals surface area contributed by atoms with Crippen molar-refractivity contribution in [3.8, 4) is 11.5 Å². The number of benzene rings is 1. The highest BCUT2D eigenvalue weighted by atomic mass is 16.5. The van der Waals surface area contributed by atoms with Crippen LogP contribution in [0.15, 0.2) is 18.7 Å². The van der Waals surface area contributed by atoms with E-state index in [0.29, 0.717) is 23.7 Å². The van der Waals surface area contributed by atoms with Crippen LogP contribution in [0.3, 0.4) is 0 Å². The van der Waals surface area contributed by atoms with E-state index in [0.717, 1.165) is 11.1 Å². The average molecular weight is 250 g/mol. The Labute approximate surface area is 107 Å². The lowest BCUT2D eigenvalue weighted by Gasteiger charge is -2.14. The van der Waals surface area contributed by atoms with Crippen molar-refractivity contribution in [1.82, 2.24) is 0 Å². The quantitative estimate of drug-likeness (QED) is 0.754. The van der Waals surface area contributed by atoms with Crippen LogP contribution in [-0.2, 0) is 4.74 Å². The molecule has 1 aromatic rings. The number of rotatable bonds is 5. The van der Waals surface area contributed by atoms with E-state index in [1.807, 2.05) is 13.8 Å². The van der Waals surface area contributed by atoms with Gasteiger partial charge in [0.25, 0.3) is 0 Å². The van der Waals surface area contributed by atoms with E-state index in [-0.39, 0.29) is 0 Å². The van der Waals surface area contributed by atoms with Crippen molar-refractivity contribution in [1.29, 1.82) is 0 Å². The molecule has 4 nitrogen and oxygen atoms in total. The molecule has 0 heterocycles. The molecule has 0 aromatic heterocycles. The molecule has 4 heteroatoms. The molecule has 0 aliphatic rings. The second kappa shape index (κ2) is 6.10. The number of hydrogen-bond acceptors (Lipinski definition) is 4. The second-order valence-corrected chi connectivity index (χ2v) is 3.75. The van der Waals surface area contributed by atoms with Crippen molar-refractivity contribution >= 4 is 11.5 Å². The molecule has 0 amide bonds. The number of allylic oxidation sites excluding steroid dienone is 1. The minimum atomic E-state index is -0.441. The van der Waals surface area contributed by atoms with Gasteiger partial charge >= 0.3 is 5.97 Å². The smallest absolute Gasteiger partial charge is 0.341 e. The fourth-order valence-electron chi connectivity index (χ4n) is 1.61. The summed E-state index contributed by atoms with van der Waals surface area (Å²) in [6, 6.07) is 3.36. The maximum Gasteiger partial charge on any atom is 0.341 e. The zero-order chi connectivity index (χ0) is 13.7. The summed E-state index contributed by atoms with van der Waals surface area (Å²) in [6.07, 6.45) is 0. The first-order valence-corrected chi connectivity index (χ1v) is 5.64. The van der Waals surface area contributed by atoms with Gasteiger partial charge < -0.3 is 14.2 Å². The summed E-state index contributed by atoms with van der Waals surface area (Å²) in [5.41, 5.74) is 1.94. The van der Waals surface area contributed by atoms with Gasteiger partial charge in [-0.2, -0.15) is 0 Å². The van der Waals surface area contributed by atoms with Crippen molar-refractivity contribution in [2.45, 2.75) is 13.8 Å². The molecule has 98 valence electrons. The molecule has 18 heavy (non-hydrogen) atoms.